The number of aliphatic carboxylic acids is 1. The van der Waals surface area contributed by atoms with Crippen LogP contribution in [0.25, 0.3) is 0 Å². The molecule has 11 heteroatoms. The molecule has 1 aliphatic carbocycles. The van der Waals surface area contributed by atoms with E-state index in [2.05, 4.69) is 57.0 Å². The van der Waals surface area contributed by atoms with Gasteiger partial charge in [0.2, 0.25) is 5.82 Å². The zero-order chi connectivity index (χ0) is 24.6. The molecule has 1 amide bonds. The minimum absolute atomic E-state index is 0.0558. The Labute approximate surface area is 195 Å². The van der Waals surface area contributed by atoms with Gasteiger partial charge in [0, 0.05) is 38.6 Å². The molecule has 1 aromatic heterocycles. The minimum Gasteiger partial charge on any atom is -0.475 e. The molecule has 0 radical (unpaired) electrons. The summed E-state index contributed by atoms with van der Waals surface area (Å²) in [7, 11) is 0. The van der Waals surface area contributed by atoms with Gasteiger partial charge in [0.15, 0.2) is 0 Å². The molecule has 5 rings (SSSR count). The Morgan fingerprint density at radius 3 is 2.26 bits per heavy atom. The van der Waals surface area contributed by atoms with Gasteiger partial charge in [-0.3, -0.25) is 9.69 Å². The molecule has 3 heterocycles. The summed E-state index contributed by atoms with van der Waals surface area (Å²) in [6.07, 6.45) is -1.98. The van der Waals surface area contributed by atoms with Crippen LogP contribution in [0.3, 0.4) is 0 Å². The third-order valence-electron chi connectivity index (χ3n) is 6.39. The molecule has 184 valence electrons. The lowest BCUT2D eigenvalue weighted by atomic mass is 9.89. The standard InChI is InChI=1S/C21H27N5O.C2HF3O2/c1-13-5-14(2)7-15(6-13)9-25-10-16-8-19-23-24-20(21(27)22-18-3-4-18)26(19)12-17(16)11-25;3-2(4,5)1(6)7/h5-7,16-18H,3-4,8-12H2,1-2H3,(H,22,27);(H,6,7). The molecule has 2 atom stereocenters. The highest BCUT2D eigenvalue weighted by Crippen LogP contribution is 2.33. The number of carboxylic acid groups (broad SMARTS) is 1. The summed E-state index contributed by atoms with van der Waals surface area (Å²) in [6, 6.07) is 7.17. The number of fused-ring (bicyclic) bond motifs is 2. The molecule has 8 nitrogen and oxygen atoms in total. The van der Waals surface area contributed by atoms with Gasteiger partial charge in [0.1, 0.15) is 5.82 Å². The number of alkyl halides is 3. The van der Waals surface area contributed by atoms with Gasteiger partial charge in [-0.25, -0.2) is 4.79 Å². The number of amides is 1. The summed E-state index contributed by atoms with van der Waals surface area (Å²) in [4.78, 5) is 23.9. The van der Waals surface area contributed by atoms with Crippen LogP contribution >= 0.6 is 0 Å². The van der Waals surface area contributed by atoms with Gasteiger partial charge in [-0.1, -0.05) is 29.3 Å². The van der Waals surface area contributed by atoms with Crippen molar-refractivity contribution < 1.29 is 27.9 Å². The molecule has 2 N–H and O–H groups in total. The van der Waals surface area contributed by atoms with Crippen molar-refractivity contribution in [3.63, 3.8) is 0 Å². The molecule has 0 bridgehead atoms. The van der Waals surface area contributed by atoms with Crippen molar-refractivity contribution in [2.45, 2.75) is 58.4 Å². The number of aromatic nitrogens is 3. The normalized spacial score (nSPS) is 21.8. The number of hydrogen-bond donors (Lipinski definition) is 2. The molecule has 1 saturated heterocycles. The van der Waals surface area contributed by atoms with E-state index in [-0.39, 0.29) is 5.91 Å². The van der Waals surface area contributed by atoms with Gasteiger partial charge in [-0.15, -0.1) is 10.2 Å². The van der Waals surface area contributed by atoms with E-state index in [1.807, 2.05) is 0 Å². The van der Waals surface area contributed by atoms with Gasteiger partial charge < -0.3 is 15.0 Å². The summed E-state index contributed by atoms with van der Waals surface area (Å²) in [5.74, 6) is -0.139. The van der Waals surface area contributed by atoms with Crippen molar-refractivity contribution in [2.24, 2.45) is 11.8 Å². The summed E-state index contributed by atoms with van der Waals surface area (Å²) in [5.41, 5.74) is 4.06. The second-order valence-electron chi connectivity index (χ2n) is 9.52. The quantitative estimate of drug-likeness (QED) is 0.700. The fourth-order valence-corrected chi connectivity index (χ4v) is 4.81. The zero-order valence-electron chi connectivity index (χ0n) is 19.1. The lowest BCUT2D eigenvalue weighted by Gasteiger charge is -2.25. The lowest BCUT2D eigenvalue weighted by molar-refractivity contribution is -0.192. The molecule has 2 fully saturated rings. The molecule has 34 heavy (non-hydrogen) atoms. The van der Waals surface area contributed by atoms with Gasteiger partial charge in [-0.05, 0) is 44.1 Å². The number of rotatable bonds is 4. The first-order valence-corrected chi connectivity index (χ1v) is 11.3. The summed E-state index contributed by atoms with van der Waals surface area (Å²) in [5, 5.41) is 18.7. The third-order valence-corrected chi connectivity index (χ3v) is 6.39. The number of carboxylic acids is 1. The van der Waals surface area contributed by atoms with Gasteiger partial charge in [-0.2, -0.15) is 13.2 Å². The fourth-order valence-electron chi connectivity index (χ4n) is 4.81. The molecule has 2 aliphatic heterocycles. The van der Waals surface area contributed by atoms with Crippen LogP contribution in [-0.4, -0.2) is 62.0 Å². The van der Waals surface area contributed by atoms with E-state index in [0.29, 0.717) is 23.7 Å². The van der Waals surface area contributed by atoms with Crippen LogP contribution in [0.15, 0.2) is 18.2 Å². The smallest absolute Gasteiger partial charge is 0.475 e. The monoisotopic (exact) mass is 479 g/mol. The number of aryl methyl sites for hydroxylation is 2. The zero-order valence-corrected chi connectivity index (χ0v) is 19.1. The van der Waals surface area contributed by atoms with E-state index in [9.17, 15) is 18.0 Å². The van der Waals surface area contributed by atoms with Gasteiger partial charge in [0.05, 0.1) is 0 Å². The topological polar surface area (TPSA) is 100 Å². The summed E-state index contributed by atoms with van der Waals surface area (Å²) < 4.78 is 33.8. The van der Waals surface area contributed by atoms with E-state index >= 15 is 0 Å². The summed E-state index contributed by atoms with van der Waals surface area (Å²) >= 11 is 0. The number of carbonyl (C=O) groups excluding carboxylic acids is 1. The molecule has 2 aromatic rings. The lowest BCUT2D eigenvalue weighted by Crippen LogP contribution is -2.33. The maximum absolute atomic E-state index is 12.4. The molecule has 2 unspecified atom stereocenters. The first-order valence-electron chi connectivity index (χ1n) is 11.3. The highest BCUT2D eigenvalue weighted by molar-refractivity contribution is 5.91. The van der Waals surface area contributed by atoms with Crippen LogP contribution in [0.5, 0.6) is 0 Å². The van der Waals surface area contributed by atoms with Crippen LogP contribution in [0.4, 0.5) is 13.2 Å². The van der Waals surface area contributed by atoms with E-state index in [1.54, 1.807) is 0 Å². The molecule has 0 spiro atoms. The molecular formula is C23H28F3N5O3. The average Bonchev–Trinajstić information content (AvgIpc) is 3.30. The molecular weight excluding hydrogens is 451 g/mol. The fraction of sp³-hybridized carbons (Fsp3) is 0.565. The Hall–Kier alpha value is -2.95. The Morgan fingerprint density at radius 1 is 1.06 bits per heavy atom. The van der Waals surface area contributed by atoms with E-state index in [0.717, 1.165) is 51.3 Å². The van der Waals surface area contributed by atoms with Crippen molar-refractivity contribution >= 4 is 11.9 Å². The minimum atomic E-state index is -5.08. The molecule has 1 aromatic carbocycles. The largest absolute Gasteiger partial charge is 0.490 e. The highest BCUT2D eigenvalue weighted by Gasteiger charge is 2.40. The maximum atomic E-state index is 12.4. The van der Waals surface area contributed by atoms with Crippen LogP contribution in [0.1, 0.15) is 46.0 Å². The van der Waals surface area contributed by atoms with Crippen LogP contribution in [-0.2, 0) is 24.3 Å². The van der Waals surface area contributed by atoms with E-state index in [1.165, 1.54) is 16.7 Å². The molecule has 3 aliphatic rings. The van der Waals surface area contributed by atoms with Crippen molar-refractivity contribution in [3.8, 4) is 0 Å². The number of nitrogens with zero attached hydrogens (tertiary/aromatic N) is 4. The number of nitrogens with one attached hydrogen (secondary N) is 1. The van der Waals surface area contributed by atoms with Gasteiger partial charge in [0.25, 0.3) is 5.91 Å². The third kappa shape index (κ3) is 5.75. The first kappa shape index (κ1) is 24.2. The SMILES string of the molecule is Cc1cc(C)cc(CN2CC3Cc4nnc(C(=O)NC5CC5)n4CC3C2)c1.O=C(O)C(F)(F)F. The van der Waals surface area contributed by atoms with Crippen LogP contribution < -0.4 is 5.32 Å². The van der Waals surface area contributed by atoms with E-state index in [4.69, 9.17) is 9.90 Å². The number of carbonyl (C=O) groups is 2. The van der Waals surface area contributed by atoms with Crippen molar-refractivity contribution in [3.05, 3.63) is 46.5 Å². The Morgan fingerprint density at radius 2 is 1.68 bits per heavy atom. The van der Waals surface area contributed by atoms with Gasteiger partial charge >= 0.3 is 12.1 Å². The van der Waals surface area contributed by atoms with E-state index < -0.39 is 12.1 Å². The maximum Gasteiger partial charge on any atom is 0.490 e. The van der Waals surface area contributed by atoms with Crippen molar-refractivity contribution in [1.82, 2.24) is 25.0 Å². The highest BCUT2D eigenvalue weighted by atomic mass is 19.4. The molecule has 1 saturated carbocycles. The number of hydrogen-bond acceptors (Lipinski definition) is 5. The Bertz CT molecular complexity index is 1060. The predicted octanol–water partition coefficient (Wildman–Crippen LogP) is 2.72. The van der Waals surface area contributed by atoms with Crippen molar-refractivity contribution in [2.75, 3.05) is 13.1 Å². The summed E-state index contributed by atoms with van der Waals surface area (Å²) in [6.45, 7) is 8.39. The average molecular weight is 480 g/mol. The number of halogens is 3. The van der Waals surface area contributed by atoms with Crippen molar-refractivity contribution in [1.29, 1.82) is 0 Å². The second-order valence-corrected chi connectivity index (χ2v) is 9.52. The Balaban J connectivity index is 0.000000344. The number of benzene rings is 1. The first-order chi connectivity index (χ1) is 16.0. The predicted molar refractivity (Wildman–Crippen MR) is 116 cm³/mol. The van der Waals surface area contributed by atoms with Crippen LogP contribution in [0.2, 0.25) is 0 Å². The Kier molecular flexibility index (Phi) is 6.66. The second kappa shape index (κ2) is 9.36. The number of likely N-dealkylation sites (tertiary alicyclic amines) is 1. The van der Waals surface area contributed by atoms with Crippen LogP contribution in [0, 0.1) is 25.7 Å².